The second-order valence-electron chi connectivity index (χ2n) is 9.43. The molecule has 0 radical (unpaired) electrons. The normalized spacial score (nSPS) is 13.4. The van der Waals surface area contributed by atoms with Gasteiger partial charge in [0, 0.05) is 36.0 Å². The van der Waals surface area contributed by atoms with E-state index in [9.17, 15) is 4.39 Å². The smallest absolute Gasteiger partial charge is 0.138 e. The van der Waals surface area contributed by atoms with Crippen LogP contribution in [0.15, 0.2) is 97.2 Å². The molecule has 1 aromatic heterocycles. The van der Waals surface area contributed by atoms with E-state index in [0.717, 1.165) is 65.3 Å². The van der Waals surface area contributed by atoms with E-state index in [4.69, 9.17) is 21.1 Å². The molecule has 5 aromatic rings. The van der Waals surface area contributed by atoms with Crippen LogP contribution in [0, 0.1) is 5.82 Å². The highest BCUT2D eigenvalue weighted by atomic mass is 35.5. The van der Waals surface area contributed by atoms with Gasteiger partial charge in [0.05, 0.1) is 18.2 Å². The fourth-order valence-corrected chi connectivity index (χ4v) is 5.01. The van der Waals surface area contributed by atoms with Crippen molar-refractivity contribution in [2.75, 3.05) is 36.5 Å². The molecule has 7 heteroatoms. The van der Waals surface area contributed by atoms with Crippen LogP contribution >= 0.6 is 11.6 Å². The standard InChI is InChI=1S/C32H27ClFN3O2/c33-30-20-27(9-10-31(30)39-21-22-3-1-5-26(34)17-22)36-32-29-19-25(8-7-23(29)11-12-35-32)24-4-2-6-28(18-24)37-13-15-38-16-14-37/h1-12,17-20H,13-16,21H2,(H,35,36). The van der Waals surface area contributed by atoms with E-state index in [-0.39, 0.29) is 12.4 Å². The molecule has 4 aromatic carbocycles. The number of hydrogen-bond donors (Lipinski definition) is 1. The number of morpholine rings is 1. The number of fused-ring (bicyclic) bond motifs is 1. The Labute approximate surface area is 231 Å². The van der Waals surface area contributed by atoms with Crippen molar-refractivity contribution in [3.8, 4) is 16.9 Å². The largest absolute Gasteiger partial charge is 0.487 e. The van der Waals surface area contributed by atoms with E-state index in [0.29, 0.717) is 10.8 Å². The van der Waals surface area contributed by atoms with Gasteiger partial charge >= 0.3 is 0 Å². The first-order valence-electron chi connectivity index (χ1n) is 12.9. The number of aromatic nitrogens is 1. The zero-order valence-electron chi connectivity index (χ0n) is 21.2. The van der Waals surface area contributed by atoms with E-state index >= 15 is 0 Å². The van der Waals surface area contributed by atoms with Gasteiger partial charge in [0.2, 0.25) is 0 Å². The zero-order chi connectivity index (χ0) is 26.6. The molecular weight excluding hydrogens is 513 g/mol. The maximum atomic E-state index is 13.5. The fourth-order valence-electron chi connectivity index (χ4n) is 4.77. The van der Waals surface area contributed by atoms with Crippen LogP contribution in [0.2, 0.25) is 5.02 Å². The molecule has 5 nitrogen and oxygen atoms in total. The third-order valence-electron chi connectivity index (χ3n) is 6.80. The number of halogens is 2. The second-order valence-corrected chi connectivity index (χ2v) is 9.84. The van der Waals surface area contributed by atoms with Gasteiger partial charge in [-0.25, -0.2) is 9.37 Å². The molecule has 39 heavy (non-hydrogen) atoms. The molecule has 0 amide bonds. The zero-order valence-corrected chi connectivity index (χ0v) is 22.0. The van der Waals surface area contributed by atoms with Crippen molar-refractivity contribution in [1.29, 1.82) is 0 Å². The molecule has 6 rings (SSSR count). The summed E-state index contributed by atoms with van der Waals surface area (Å²) in [4.78, 5) is 6.98. The average molecular weight is 540 g/mol. The number of anilines is 3. The first kappa shape index (κ1) is 25.2. The molecule has 0 bridgehead atoms. The van der Waals surface area contributed by atoms with Crippen molar-refractivity contribution in [2.24, 2.45) is 0 Å². The van der Waals surface area contributed by atoms with E-state index in [2.05, 4.69) is 57.7 Å². The van der Waals surface area contributed by atoms with E-state index in [1.54, 1.807) is 24.4 Å². The molecule has 0 unspecified atom stereocenters. The summed E-state index contributed by atoms with van der Waals surface area (Å²) in [5.74, 6) is 0.972. The minimum Gasteiger partial charge on any atom is -0.487 e. The van der Waals surface area contributed by atoms with Gasteiger partial charge in [-0.2, -0.15) is 0 Å². The lowest BCUT2D eigenvalue weighted by Crippen LogP contribution is -2.36. The minimum atomic E-state index is -0.294. The fraction of sp³-hybridized carbons (Fsp3) is 0.156. The third-order valence-corrected chi connectivity index (χ3v) is 7.10. The maximum Gasteiger partial charge on any atom is 0.138 e. The lowest BCUT2D eigenvalue weighted by atomic mass is 10.0. The van der Waals surface area contributed by atoms with Crippen molar-refractivity contribution < 1.29 is 13.9 Å². The van der Waals surface area contributed by atoms with Gasteiger partial charge in [-0.1, -0.05) is 48.0 Å². The molecule has 2 heterocycles. The van der Waals surface area contributed by atoms with Gasteiger partial charge in [-0.05, 0) is 76.7 Å². The Morgan fingerprint density at radius 3 is 2.59 bits per heavy atom. The van der Waals surface area contributed by atoms with Crippen LogP contribution in [-0.4, -0.2) is 31.3 Å². The lowest BCUT2D eigenvalue weighted by molar-refractivity contribution is 0.122. The number of benzene rings is 4. The Bertz CT molecular complexity index is 1620. The Morgan fingerprint density at radius 2 is 1.74 bits per heavy atom. The Hall–Kier alpha value is -4.13. The van der Waals surface area contributed by atoms with Gasteiger partial charge in [-0.3, -0.25) is 0 Å². The molecule has 1 aliphatic rings. The van der Waals surface area contributed by atoms with Crippen LogP contribution in [0.3, 0.4) is 0 Å². The quantitative estimate of drug-likeness (QED) is 0.228. The van der Waals surface area contributed by atoms with E-state index in [1.807, 2.05) is 18.2 Å². The Balaban J connectivity index is 1.23. The Kier molecular flexibility index (Phi) is 7.30. The molecule has 0 spiro atoms. The summed E-state index contributed by atoms with van der Waals surface area (Å²) in [7, 11) is 0. The van der Waals surface area contributed by atoms with Gasteiger partial charge in [-0.15, -0.1) is 0 Å². The molecule has 1 N–H and O–H groups in total. The second kappa shape index (κ2) is 11.3. The molecule has 1 fully saturated rings. The van der Waals surface area contributed by atoms with Gasteiger partial charge in [0.15, 0.2) is 0 Å². The highest BCUT2D eigenvalue weighted by Gasteiger charge is 2.13. The van der Waals surface area contributed by atoms with Crippen molar-refractivity contribution in [3.63, 3.8) is 0 Å². The molecule has 196 valence electrons. The lowest BCUT2D eigenvalue weighted by Gasteiger charge is -2.29. The first-order valence-corrected chi connectivity index (χ1v) is 13.3. The predicted octanol–water partition coefficient (Wildman–Crippen LogP) is 7.85. The molecule has 0 atom stereocenters. The summed E-state index contributed by atoms with van der Waals surface area (Å²) < 4.78 is 24.8. The topological polar surface area (TPSA) is 46.6 Å². The summed E-state index contributed by atoms with van der Waals surface area (Å²) in [5.41, 5.74) is 5.00. The van der Waals surface area contributed by atoms with Crippen LogP contribution in [-0.2, 0) is 11.3 Å². The van der Waals surface area contributed by atoms with Crippen LogP contribution in [0.5, 0.6) is 5.75 Å². The molecule has 1 saturated heterocycles. The monoisotopic (exact) mass is 539 g/mol. The number of hydrogen-bond acceptors (Lipinski definition) is 5. The minimum absolute atomic E-state index is 0.227. The first-order chi connectivity index (χ1) is 19.1. The predicted molar refractivity (Wildman–Crippen MR) is 156 cm³/mol. The Morgan fingerprint density at radius 1 is 0.897 bits per heavy atom. The number of ether oxygens (including phenoxy) is 2. The van der Waals surface area contributed by atoms with Crippen LogP contribution < -0.4 is 15.0 Å². The summed E-state index contributed by atoms with van der Waals surface area (Å²) >= 11 is 6.52. The van der Waals surface area contributed by atoms with Crippen molar-refractivity contribution in [2.45, 2.75) is 6.61 Å². The highest BCUT2D eigenvalue weighted by molar-refractivity contribution is 6.32. The van der Waals surface area contributed by atoms with Gasteiger partial charge in [0.25, 0.3) is 0 Å². The van der Waals surface area contributed by atoms with E-state index in [1.165, 1.54) is 17.8 Å². The summed E-state index contributed by atoms with van der Waals surface area (Å²) in [6.45, 7) is 3.54. The van der Waals surface area contributed by atoms with Gasteiger partial charge in [0.1, 0.15) is 24.0 Å². The number of pyridine rings is 1. The molecule has 0 aliphatic carbocycles. The average Bonchev–Trinajstić information content (AvgIpc) is 2.97. The van der Waals surface area contributed by atoms with Crippen molar-refractivity contribution in [3.05, 3.63) is 114 Å². The van der Waals surface area contributed by atoms with E-state index < -0.39 is 0 Å². The third kappa shape index (κ3) is 5.82. The van der Waals surface area contributed by atoms with Crippen molar-refractivity contribution >= 4 is 39.6 Å². The number of rotatable bonds is 7. The number of nitrogens with one attached hydrogen (secondary N) is 1. The molecular formula is C32H27ClFN3O2. The highest BCUT2D eigenvalue weighted by Crippen LogP contribution is 2.33. The maximum absolute atomic E-state index is 13.5. The molecule has 0 saturated carbocycles. The van der Waals surface area contributed by atoms with Crippen LogP contribution in [0.25, 0.3) is 21.9 Å². The van der Waals surface area contributed by atoms with Crippen molar-refractivity contribution in [1.82, 2.24) is 4.98 Å². The van der Waals surface area contributed by atoms with Crippen LogP contribution in [0.1, 0.15) is 5.56 Å². The summed E-state index contributed by atoms with van der Waals surface area (Å²) in [5, 5.41) is 5.96. The number of nitrogens with zero attached hydrogens (tertiary/aromatic N) is 2. The van der Waals surface area contributed by atoms with Gasteiger partial charge < -0.3 is 19.7 Å². The summed E-state index contributed by atoms with van der Waals surface area (Å²) in [6.07, 6.45) is 1.79. The molecule has 1 aliphatic heterocycles. The summed E-state index contributed by atoms with van der Waals surface area (Å²) in [6, 6.07) is 28.9. The SMILES string of the molecule is Fc1cccc(COc2ccc(Nc3nccc4ccc(-c5cccc(N6CCOCC6)c5)cc34)cc2Cl)c1. The van der Waals surface area contributed by atoms with Crippen LogP contribution in [0.4, 0.5) is 21.6 Å².